The third kappa shape index (κ3) is 6.54. The van der Waals surface area contributed by atoms with Crippen LogP contribution in [0.3, 0.4) is 0 Å². The molecule has 2 N–H and O–H groups in total. The number of benzene rings is 1. The summed E-state index contributed by atoms with van der Waals surface area (Å²) >= 11 is 0. The first kappa shape index (κ1) is 21.2. The molecule has 0 aromatic heterocycles. The van der Waals surface area contributed by atoms with Crippen molar-refractivity contribution in [2.24, 2.45) is 0 Å². The van der Waals surface area contributed by atoms with Crippen molar-refractivity contribution < 1.29 is 26.4 Å². The van der Waals surface area contributed by atoms with Crippen LogP contribution < -0.4 is 14.9 Å². The van der Waals surface area contributed by atoms with Gasteiger partial charge in [-0.05, 0) is 25.5 Å². The Morgan fingerprint density at radius 2 is 1.84 bits per heavy atom. The number of nitrogens with one attached hydrogen (secondary N) is 2. The maximum atomic E-state index is 12.1. The minimum Gasteiger partial charge on any atom is -0.370 e. The molecule has 0 spiro atoms. The highest BCUT2D eigenvalue weighted by Crippen LogP contribution is 2.21. The summed E-state index contributed by atoms with van der Waals surface area (Å²) in [6.45, 7) is 4.90. The van der Waals surface area contributed by atoms with Gasteiger partial charge in [0.05, 0.1) is 0 Å². The molecule has 0 aliphatic carbocycles. The molecule has 1 aromatic rings. The summed E-state index contributed by atoms with van der Waals surface area (Å²) in [6, 6.07) is 7.78. The highest BCUT2D eigenvalue weighted by atomic mass is 32.2. The lowest BCUT2D eigenvalue weighted by Crippen LogP contribution is -2.39. The molecular weight excluding hydrogens is 359 g/mol. The maximum Gasteiger partial charge on any atom is 0.511 e. The summed E-state index contributed by atoms with van der Waals surface area (Å²) in [7, 11) is -5.41. The van der Waals surface area contributed by atoms with Crippen LogP contribution >= 0.6 is 0 Å². The fourth-order valence-electron chi connectivity index (χ4n) is 2.17. The second kappa shape index (κ2) is 9.04. The quantitative estimate of drug-likeness (QED) is 0.683. The average Bonchev–Trinajstić information content (AvgIpc) is 2.51. The smallest absolute Gasteiger partial charge is 0.370 e. The van der Waals surface area contributed by atoms with Crippen molar-refractivity contribution in [3.8, 4) is 0 Å². The third-order valence-electron chi connectivity index (χ3n) is 3.49. The van der Waals surface area contributed by atoms with Crippen molar-refractivity contribution in [3.05, 3.63) is 29.8 Å². The zero-order valence-electron chi connectivity index (χ0n) is 14.1. The maximum absolute atomic E-state index is 12.1. The van der Waals surface area contributed by atoms with Gasteiger partial charge in [-0.2, -0.15) is 13.2 Å². The number of para-hydroxylation sites is 1. The summed E-state index contributed by atoms with van der Waals surface area (Å²) in [5, 5.41) is 2.56. The van der Waals surface area contributed by atoms with E-state index in [0.717, 1.165) is 17.8 Å². The van der Waals surface area contributed by atoms with Crippen molar-refractivity contribution in [2.45, 2.75) is 25.8 Å². The first-order valence-electron chi connectivity index (χ1n) is 7.71. The van der Waals surface area contributed by atoms with Gasteiger partial charge in [-0.25, -0.2) is 13.1 Å². The van der Waals surface area contributed by atoms with Crippen LogP contribution in [0.25, 0.3) is 0 Å². The van der Waals surface area contributed by atoms with E-state index in [-0.39, 0.29) is 6.42 Å². The fourth-order valence-corrected chi connectivity index (χ4v) is 2.70. The van der Waals surface area contributed by atoms with Crippen molar-refractivity contribution in [3.63, 3.8) is 0 Å². The van der Waals surface area contributed by atoms with E-state index in [1.165, 1.54) is 4.72 Å². The number of halogens is 3. The van der Waals surface area contributed by atoms with Crippen molar-refractivity contribution in [1.29, 1.82) is 0 Å². The number of anilines is 1. The van der Waals surface area contributed by atoms with E-state index in [2.05, 4.69) is 10.2 Å². The van der Waals surface area contributed by atoms with Crippen LogP contribution in [0, 0.1) is 6.92 Å². The van der Waals surface area contributed by atoms with Crippen LogP contribution in [0.5, 0.6) is 0 Å². The molecule has 0 aliphatic heterocycles. The number of sulfonamides is 1. The topological polar surface area (TPSA) is 78.5 Å². The molecule has 0 saturated carbocycles. The van der Waals surface area contributed by atoms with Crippen molar-refractivity contribution in [2.75, 3.05) is 31.1 Å². The molecule has 0 saturated heterocycles. The number of aryl methyl sites for hydroxylation is 1. The number of alkyl halides is 3. The van der Waals surface area contributed by atoms with Crippen molar-refractivity contribution in [1.82, 2.24) is 10.0 Å². The molecular formula is C15H22F3N3O3S. The molecule has 6 nitrogen and oxygen atoms in total. The van der Waals surface area contributed by atoms with Crippen LogP contribution in [0.4, 0.5) is 18.9 Å². The summed E-state index contributed by atoms with van der Waals surface area (Å²) in [4.78, 5) is 13.7. The Morgan fingerprint density at radius 1 is 1.20 bits per heavy atom. The van der Waals surface area contributed by atoms with Gasteiger partial charge < -0.3 is 10.2 Å². The number of carbonyl (C=O) groups is 1. The van der Waals surface area contributed by atoms with Gasteiger partial charge >= 0.3 is 15.5 Å². The van der Waals surface area contributed by atoms with Gasteiger partial charge in [0.25, 0.3) is 0 Å². The van der Waals surface area contributed by atoms with Gasteiger partial charge in [-0.15, -0.1) is 0 Å². The molecule has 25 heavy (non-hydrogen) atoms. The first-order chi connectivity index (χ1) is 11.6. The minimum absolute atomic E-state index is 0.299. The number of hydrogen-bond acceptors (Lipinski definition) is 4. The number of rotatable bonds is 9. The summed E-state index contributed by atoms with van der Waals surface area (Å²) in [5.74, 6) is -0.522. The number of hydrogen-bond donors (Lipinski definition) is 2. The first-order valence-corrected chi connectivity index (χ1v) is 9.20. The zero-order valence-corrected chi connectivity index (χ0v) is 14.9. The van der Waals surface area contributed by atoms with Gasteiger partial charge in [0.1, 0.15) is 0 Å². The lowest BCUT2D eigenvalue weighted by atomic mass is 10.2. The van der Waals surface area contributed by atoms with Crippen LogP contribution in [0.2, 0.25) is 0 Å². The van der Waals surface area contributed by atoms with E-state index in [1.54, 1.807) is 0 Å². The van der Waals surface area contributed by atoms with Gasteiger partial charge in [0.15, 0.2) is 0 Å². The Morgan fingerprint density at radius 3 is 2.40 bits per heavy atom. The number of amides is 1. The average molecular weight is 381 g/mol. The predicted octanol–water partition coefficient (Wildman–Crippen LogP) is 1.77. The highest BCUT2D eigenvalue weighted by molar-refractivity contribution is 7.90. The lowest BCUT2D eigenvalue weighted by molar-refractivity contribution is -0.120. The molecule has 10 heteroatoms. The zero-order chi connectivity index (χ0) is 19.1. The molecule has 0 aliphatic rings. The Kier molecular flexibility index (Phi) is 7.68. The molecule has 0 fully saturated rings. The molecule has 1 amide bonds. The largest absolute Gasteiger partial charge is 0.511 e. The lowest BCUT2D eigenvalue weighted by Gasteiger charge is -2.25. The Balaban J connectivity index is 2.38. The molecule has 0 radical (unpaired) electrons. The Bertz CT molecular complexity index is 678. The van der Waals surface area contributed by atoms with Crippen LogP contribution in [-0.2, 0) is 14.8 Å². The predicted molar refractivity (Wildman–Crippen MR) is 89.7 cm³/mol. The van der Waals surface area contributed by atoms with Crippen LogP contribution in [0.1, 0.15) is 18.9 Å². The molecule has 142 valence electrons. The summed E-state index contributed by atoms with van der Waals surface area (Å²) in [6.07, 6.45) is -0.369. The Hall–Kier alpha value is -1.81. The third-order valence-corrected chi connectivity index (χ3v) is 4.68. The fraction of sp³-hybridized carbons (Fsp3) is 0.533. The second-order valence-electron chi connectivity index (χ2n) is 5.31. The van der Waals surface area contributed by atoms with Gasteiger partial charge in [-0.1, -0.05) is 18.2 Å². The van der Waals surface area contributed by atoms with E-state index in [4.69, 9.17) is 0 Å². The van der Waals surface area contributed by atoms with Crippen LogP contribution in [0.15, 0.2) is 24.3 Å². The van der Waals surface area contributed by atoms with E-state index < -0.39 is 28.0 Å². The monoisotopic (exact) mass is 381 g/mol. The molecule has 0 atom stereocenters. The molecule has 1 rings (SSSR count). The second-order valence-corrected chi connectivity index (χ2v) is 7.07. The van der Waals surface area contributed by atoms with Gasteiger partial charge in [0.2, 0.25) is 5.91 Å². The molecule has 1 aromatic carbocycles. The normalized spacial score (nSPS) is 12.0. The molecule has 0 unspecified atom stereocenters. The number of carbonyl (C=O) groups excluding carboxylic acids is 1. The summed E-state index contributed by atoms with van der Waals surface area (Å²) < 4.78 is 59.3. The van der Waals surface area contributed by atoms with Crippen molar-refractivity contribution >= 4 is 21.6 Å². The standard InChI is InChI=1S/C15H22F3N3O3S/c1-3-21(13-7-5-4-6-12(13)2)11-10-19-14(22)8-9-20-25(23,24)15(16,17)18/h4-7,20H,3,8-11H2,1-2H3,(H,19,22). The highest BCUT2D eigenvalue weighted by Gasteiger charge is 2.45. The minimum atomic E-state index is -5.41. The number of likely N-dealkylation sites (N-methyl/N-ethyl adjacent to an activating group) is 1. The number of nitrogens with zero attached hydrogens (tertiary/aromatic N) is 1. The van der Waals surface area contributed by atoms with Crippen LogP contribution in [-0.4, -0.2) is 46.0 Å². The van der Waals surface area contributed by atoms with E-state index in [1.807, 2.05) is 38.1 Å². The van der Waals surface area contributed by atoms with E-state index in [9.17, 15) is 26.4 Å². The summed E-state index contributed by atoms with van der Waals surface area (Å²) in [5.41, 5.74) is -3.24. The van der Waals surface area contributed by atoms with Gasteiger partial charge in [-0.3, -0.25) is 4.79 Å². The van der Waals surface area contributed by atoms with E-state index in [0.29, 0.717) is 13.1 Å². The Labute approximate surface area is 145 Å². The van der Waals surface area contributed by atoms with E-state index >= 15 is 0 Å². The SMILES string of the molecule is CCN(CCNC(=O)CCNS(=O)(=O)C(F)(F)F)c1ccccc1C. The molecule has 0 heterocycles. The van der Waals surface area contributed by atoms with Gasteiger partial charge in [0, 0.05) is 38.3 Å². The molecule has 0 bridgehead atoms.